The summed E-state index contributed by atoms with van der Waals surface area (Å²) in [6.45, 7) is 17.7. The molecule has 0 N–H and O–H groups in total. The van der Waals surface area contributed by atoms with Crippen LogP contribution in [0.1, 0.15) is 78.6 Å². The van der Waals surface area contributed by atoms with E-state index in [-0.39, 0.29) is 60.0 Å². The SMILES string of the molecule is C=C(C)C(=O)OCC(=O)OC1C2CC3C(C2)S(=O)(=O)OC31C.C=C(C)C(=O)OCC(=O)OC1C2CC3C1OS(=O)(=O)C3C2.C=CC(=O)OCC(=O)OC1C2CC3C1OS(=O)(=O)C3(C#N)C2.C=CC(=O)OCC(=O)OC1C2CC3C1OS(=O)(=O)C3(C(F)(F)F)C2.C=CC(=O)OCC(=O)OC1C2CC3C1OS(=O)(=O)C3C2C(F)(F)F. The van der Waals surface area contributed by atoms with Gasteiger partial charge in [-0.15, -0.1) is 0 Å². The van der Waals surface area contributed by atoms with Crippen LogP contribution in [0.2, 0.25) is 0 Å². The summed E-state index contributed by atoms with van der Waals surface area (Å²) in [5, 5.41) is 6.66. The minimum Gasteiger partial charge on any atom is -0.457 e. The van der Waals surface area contributed by atoms with E-state index in [1.54, 1.807) is 6.92 Å². The molecule has 624 valence electrons. The minimum absolute atomic E-state index is 0.00284. The lowest BCUT2D eigenvalue weighted by atomic mass is 9.83. The maximum atomic E-state index is 13.4. The van der Waals surface area contributed by atoms with Crippen molar-refractivity contribution in [1.82, 2.24) is 0 Å². The summed E-state index contributed by atoms with van der Waals surface area (Å²) in [5.74, 6) is -15.4. The van der Waals surface area contributed by atoms with Gasteiger partial charge in [0.2, 0.25) is 0 Å². The summed E-state index contributed by atoms with van der Waals surface area (Å²) in [7, 11) is -20.3. The zero-order valence-electron chi connectivity index (χ0n) is 59.5. The van der Waals surface area contributed by atoms with Gasteiger partial charge in [-0.05, 0) is 78.6 Å². The van der Waals surface area contributed by atoms with E-state index in [0.717, 1.165) is 18.2 Å². The van der Waals surface area contributed by atoms with Crippen LogP contribution in [-0.4, -0.2) is 233 Å². The van der Waals surface area contributed by atoms with Gasteiger partial charge < -0.3 is 47.4 Å². The van der Waals surface area contributed by atoms with Gasteiger partial charge in [0.1, 0.15) is 65.8 Å². The molecule has 0 aromatic heterocycles. The van der Waals surface area contributed by atoms with Crippen molar-refractivity contribution in [3.63, 3.8) is 0 Å². The number of hydrogen-bond acceptors (Lipinski definition) is 36. The van der Waals surface area contributed by atoms with E-state index in [1.165, 1.54) is 13.8 Å². The number of fused-ring (bicyclic) bond motifs is 5. The minimum atomic E-state index is -4.96. The molecule has 5 aliphatic heterocycles. The molecule has 113 heavy (non-hydrogen) atoms. The molecule has 10 bridgehead atoms. The lowest BCUT2D eigenvalue weighted by molar-refractivity contribution is -0.204. The molecule has 15 rings (SSSR count). The van der Waals surface area contributed by atoms with Crippen LogP contribution < -0.4 is 0 Å². The smallest absolute Gasteiger partial charge is 0.410 e. The number of nitrogens with zero attached hydrogens (tertiary/aromatic N) is 1. The Balaban J connectivity index is 0.000000140. The van der Waals surface area contributed by atoms with Crippen LogP contribution >= 0.6 is 0 Å². The fraction of sp³-hybridized carbons (Fsp3) is 0.682. The average molecular weight is 1710 g/mol. The van der Waals surface area contributed by atoms with Gasteiger partial charge in [-0.1, -0.05) is 32.9 Å². The Bertz CT molecular complexity index is 4700. The fourth-order valence-electron chi connectivity index (χ4n) is 19.0. The quantitative estimate of drug-likeness (QED) is 0.0549. The molecule has 47 heteroatoms. The van der Waals surface area contributed by atoms with E-state index in [4.69, 9.17) is 49.9 Å². The van der Waals surface area contributed by atoms with Crippen LogP contribution in [0.15, 0.2) is 62.3 Å². The monoisotopic (exact) mass is 1710 g/mol. The van der Waals surface area contributed by atoms with Gasteiger partial charge in [0.25, 0.3) is 50.6 Å². The van der Waals surface area contributed by atoms with E-state index in [1.807, 2.05) is 6.07 Å². The number of esters is 10. The molecule has 15 fully saturated rings. The van der Waals surface area contributed by atoms with Crippen LogP contribution in [0.5, 0.6) is 0 Å². The number of alkyl halides is 6. The van der Waals surface area contributed by atoms with Crippen molar-refractivity contribution in [2.45, 2.75) is 177 Å². The van der Waals surface area contributed by atoms with Crippen LogP contribution in [0, 0.1) is 76.4 Å². The summed E-state index contributed by atoms with van der Waals surface area (Å²) in [4.78, 5) is 114. The third-order valence-electron chi connectivity index (χ3n) is 23.3. The number of carbonyl (C=O) groups is 10. The van der Waals surface area contributed by atoms with Gasteiger partial charge in [0.15, 0.2) is 42.5 Å². The molecule has 26 atom stereocenters. The van der Waals surface area contributed by atoms with Crippen molar-refractivity contribution in [2.24, 2.45) is 65.1 Å². The highest BCUT2D eigenvalue weighted by atomic mass is 32.2. The van der Waals surface area contributed by atoms with E-state index in [9.17, 15) is 122 Å². The Morgan fingerprint density at radius 3 is 1.38 bits per heavy atom. The second-order valence-electron chi connectivity index (χ2n) is 29.7. The van der Waals surface area contributed by atoms with Crippen molar-refractivity contribution >= 4 is 110 Å². The van der Waals surface area contributed by atoms with Crippen molar-refractivity contribution < 1.29 is 185 Å². The van der Waals surface area contributed by atoms with E-state index < -0.39 is 283 Å². The van der Waals surface area contributed by atoms with Gasteiger partial charge in [-0.3, -0.25) is 20.9 Å². The Labute approximate surface area is 640 Å². The molecule has 15 aliphatic rings. The van der Waals surface area contributed by atoms with Crippen molar-refractivity contribution in [3.05, 3.63) is 62.3 Å². The standard InChI is InChI=1S/C14H18O7S.2C13H13F3O7S.C13H13NO7S.C13H16O7S/c1-7(2)13(16)19-6-11(15)20-12-8-4-9-10(5-8)22(17,18)21-14(9,12)3;1-2-8(17)21-5-9(18)22-10-6-3-7-11(10)23-24(19,20)12(7,4-6)13(14,15)16;1-2-7(17)21-4-8(18)22-10-5-3-6-11(10)23-24(19,20)12(6)9(5)13(14,15)16;1-2-9(15)19-5-10(16)20-11-7-3-8-12(11)21-22(17,18)13(8,4-7)6-14;1-6(2)13(15)18-5-10(14)19-11-7-3-8-9(4-7)21(16,17)20-12(8)11/h8-10,12H,1,4-6H2,2-3H3;2,6-7,10-11H,1,3-5H2;2,5-6,9-12H,1,3-4H2;2,7-8,11-12H,1,3-5H2;7-9,11-12H,1,3-5H2,2H3. The Morgan fingerprint density at radius 2 is 0.894 bits per heavy atom. The molecule has 0 spiro atoms. The first kappa shape index (κ1) is 85.9. The molecular weight excluding hydrogens is 1640 g/mol. The first-order valence-electron chi connectivity index (χ1n) is 34.6. The second kappa shape index (κ2) is 30.6. The number of halogens is 6. The van der Waals surface area contributed by atoms with E-state index in [0.29, 0.717) is 32.1 Å². The zero-order chi connectivity index (χ0) is 83.5. The second-order valence-corrected chi connectivity index (χ2v) is 38.6. The lowest BCUT2D eigenvalue weighted by Gasteiger charge is -2.33. The molecule has 36 nitrogen and oxygen atoms in total. The first-order chi connectivity index (χ1) is 52.4. The van der Waals surface area contributed by atoms with Crippen LogP contribution in [0.25, 0.3) is 0 Å². The van der Waals surface area contributed by atoms with E-state index in [2.05, 4.69) is 51.3 Å². The normalized spacial score (nSPS) is 39.2. The van der Waals surface area contributed by atoms with Gasteiger partial charge in [-0.2, -0.15) is 73.7 Å². The van der Waals surface area contributed by atoms with Crippen LogP contribution in [0.3, 0.4) is 0 Å². The molecule has 10 saturated carbocycles. The maximum Gasteiger partial charge on any atom is 0.410 e. The Hall–Kier alpha value is -7.98. The van der Waals surface area contributed by atoms with Gasteiger partial charge in [0.05, 0.1) is 22.5 Å². The molecule has 26 unspecified atom stereocenters. The summed E-state index contributed by atoms with van der Waals surface area (Å²) >= 11 is 0. The van der Waals surface area contributed by atoms with E-state index >= 15 is 0 Å². The highest BCUT2D eigenvalue weighted by Gasteiger charge is 2.83. The molecular formula is C66H73F6NO35S5. The molecule has 0 radical (unpaired) electrons. The predicted octanol–water partition coefficient (Wildman–Crippen LogP) is 1.61. The number of hydrogen-bond donors (Lipinski definition) is 0. The van der Waals surface area contributed by atoms with Gasteiger partial charge in [0, 0.05) is 88.6 Å². The topological polar surface area (TPSA) is 504 Å². The maximum absolute atomic E-state index is 13.4. The summed E-state index contributed by atoms with van der Waals surface area (Å²) in [6, 6.07) is 1.88. The fourth-order valence-corrected chi connectivity index (χ4v) is 28.9. The van der Waals surface area contributed by atoms with Crippen LogP contribution in [-0.2, 0) is 167 Å². The van der Waals surface area contributed by atoms with Crippen LogP contribution in [0.4, 0.5) is 26.3 Å². The van der Waals surface area contributed by atoms with Crippen molar-refractivity contribution in [3.8, 4) is 6.07 Å². The highest BCUT2D eigenvalue weighted by molar-refractivity contribution is 7.89. The summed E-state index contributed by atoms with van der Waals surface area (Å²) in [5.41, 5.74) is -0.621. The lowest BCUT2D eigenvalue weighted by Crippen LogP contribution is -2.54. The first-order valence-corrected chi connectivity index (χ1v) is 41.8. The third kappa shape index (κ3) is 15.4. The van der Waals surface area contributed by atoms with Gasteiger partial charge in [-0.25, -0.2) is 47.9 Å². The predicted molar refractivity (Wildman–Crippen MR) is 352 cm³/mol. The highest BCUT2D eigenvalue weighted by Crippen LogP contribution is 2.68. The Kier molecular flexibility index (Phi) is 23.2. The summed E-state index contributed by atoms with van der Waals surface area (Å²) < 4.78 is 268. The molecule has 5 heterocycles. The van der Waals surface area contributed by atoms with Crippen molar-refractivity contribution in [1.29, 1.82) is 5.26 Å². The number of nitriles is 1. The number of rotatable bonds is 20. The van der Waals surface area contributed by atoms with Crippen molar-refractivity contribution in [2.75, 3.05) is 33.0 Å². The molecule has 0 aromatic carbocycles. The van der Waals surface area contributed by atoms with Gasteiger partial charge >= 0.3 is 72.0 Å². The largest absolute Gasteiger partial charge is 0.457 e. The third-order valence-corrected chi connectivity index (χ3v) is 32.7. The number of carbonyl (C=O) groups excluding carboxylic acids is 10. The molecule has 0 amide bonds. The number of ether oxygens (including phenoxy) is 10. The summed E-state index contributed by atoms with van der Waals surface area (Å²) in [6.07, 6.45) is -13.4. The average Bonchev–Trinajstić information content (AvgIpc) is 1.50. The zero-order valence-corrected chi connectivity index (χ0v) is 63.6. The molecule has 5 saturated heterocycles. The molecule has 10 aliphatic carbocycles. The molecule has 0 aromatic rings. The Morgan fingerprint density at radius 1 is 0.469 bits per heavy atom.